The van der Waals surface area contributed by atoms with Crippen molar-refractivity contribution in [1.29, 1.82) is 0 Å². The zero-order chi connectivity index (χ0) is 16.2. The van der Waals surface area contributed by atoms with Crippen LogP contribution in [-0.4, -0.2) is 0 Å². The van der Waals surface area contributed by atoms with Gasteiger partial charge in [-0.15, -0.1) is 0 Å². The van der Waals surface area contributed by atoms with Crippen LogP contribution in [0, 0.1) is 5.41 Å². The average molecular weight is 295 g/mol. The first-order valence-corrected chi connectivity index (χ1v) is 8.29. The fourth-order valence-electron chi connectivity index (χ4n) is 3.07. The van der Waals surface area contributed by atoms with E-state index >= 15 is 0 Å². The summed E-state index contributed by atoms with van der Waals surface area (Å²) in [4.78, 5) is 0. The van der Waals surface area contributed by atoms with Crippen molar-refractivity contribution in [2.24, 2.45) is 5.41 Å². The normalized spacial score (nSPS) is 11.9. The molecule has 1 nitrogen and oxygen atoms in total. The number of nitrogens with two attached hydrogens (primary N) is 1. The molecule has 0 amide bonds. The Hall–Kier alpha value is -1.76. The molecule has 0 fully saturated rings. The third kappa shape index (κ3) is 4.62. The van der Waals surface area contributed by atoms with Gasteiger partial charge >= 0.3 is 0 Å². The highest BCUT2D eigenvalue weighted by Gasteiger charge is 2.21. The highest BCUT2D eigenvalue weighted by atomic mass is 14.5. The van der Waals surface area contributed by atoms with Gasteiger partial charge in [0.25, 0.3) is 0 Å². The molecule has 0 heterocycles. The number of anilines is 1. The topological polar surface area (TPSA) is 26.0 Å². The van der Waals surface area contributed by atoms with Gasteiger partial charge in [0.15, 0.2) is 0 Å². The van der Waals surface area contributed by atoms with Crippen LogP contribution >= 0.6 is 0 Å². The lowest BCUT2D eigenvalue weighted by Gasteiger charge is -2.27. The summed E-state index contributed by atoms with van der Waals surface area (Å²) in [5, 5.41) is 0. The first kappa shape index (κ1) is 16.6. The highest BCUT2D eigenvalue weighted by molar-refractivity contribution is 5.46. The fraction of sp³-hybridized carbons (Fsp3) is 0.429. The lowest BCUT2D eigenvalue weighted by atomic mass is 9.78. The second-order valence-electron chi connectivity index (χ2n) is 7.44. The van der Waals surface area contributed by atoms with Crippen molar-refractivity contribution < 1.29 is 0 Å². The van der Waals surface area contributed by atoms with E-state index in [4.69, 9.17) is 5.73 Å². The summed E-state index contributed by atoms with van der Waals surface area (Å²) in [6.07, 6.45) is 3.40. The summed E-state index contributed by atoms with van der Waals surface area (Å²) < 4.78 is 0. The minimum atomic E-state index is 0.271. The maximum Gasteiger partial charge on any atom is 0.0316 e. The Labute approximate surface area is 135 Å². The van der Waals surface area contributed by atoms with Crippen molar-refractivity contribution >= 4 is 5.69 Å². The van der Waals surface area contributed by atoms with Crippen molar-refractivity contribution in [3.8, 4) is 0 Å². The molecule has 0 aliphatic rings. The van der Waals surface area contributed by atoms with Gasteiger partial charge in [0.05, 0.1) is 0 Å². The maximum absolute atomic E-state index is 6.01. The van der Waals surface area contributed by atoms with E-state index < -0.39 is 0 Å². The number of hydrogen-bond donors (Lipinski definition) is 1. The molecule has 0 spiro atoms. The van der Waals surface area contributed by atoms with E-state index in [0.717, 1.165) is 18.5 Å². The Balaban J connectivity index is 2.09. The Morgan fingerprint density at radius 3 is 2.32 bits per heavy atom. The van der Waals surface area contributed by atoms with Crippen LogP contribution in [0.25, 0.3) is 0 Å². The van der Waals surface area contributed by atoms with Gasteiger partial charge < -0.3 is 5.73 Å². The van der Waals surface area contributed by atoms with Crippen LogP contribution in [0.4, 0.5) is 5.69 Å². The molecule has 0 unspecified atom stereocenters. The molecule has 22 heavy (non-hydrogen) atoms. The molecule has 2 aromatic rings. The zero-order valence-corrected chi connectivity index (χ0v) is 14.4. The molecule has 1 heteroatoms. The molecule has 0 atom stereocenters. The van der Waals surface area contributed by atoms with Crippen molar-refractivity contribution in [3.63, 3.8) is 0 Å². The molecule has 2 rings (SSSR count). The largest absolute Gasteiger partial charge is 0.399 e. The Kier molecular flexibility index (Phi) is 5.28. The van der Waals surface area contributed by atoms with E-state index in [0.29, 0.717) is 5.92 Å². The first-order valence-electron chi connectivity index (χ1n) is 8.29. The van der Waals surface area contributed by atoms with Crippen LogP contribution in [0.15, 0.2) is 48.5 Å². The number of aryl methyl sites for hydroxylation is 1. The van der Waals surface area contributed by atoms with E-state index in [9.17, 15) is 0 Å². The molecule has 118 valence electrons. The summed E-state index contributed by atoms with van der Waals surface area (Å²) >= 11 is 0. The Morgan fingerprint density at radius 1 is 1.00 bits per heavy atom. The van der Waals surface area contributed by atoms with Crippen LogP contribution in [0.3, 0.4) is 0 Å². The van der Waals surface area contributed by atoms with Crippen molar-refractivity contribution in [2.45, 2.75) is 52.9 Å². The first-order chi connectivity index (χ1) is 10.4. The Morgan fingerprint density at radius 2 is 1.68 bits per heavy atom. The summed E-state index contributed by atoms with van der Waals surface area (Å²) in [6, 6.07) is 17.1. The Bertz CT molecular complexity index is 597. The molecule has 0 aromatic heterocycles. The molecular formula is C21H29N. The fourth-order valence-corrected chi connectivity index (χ4v) is 3.07. The van der Waals surface area contributed by atoms with E-state index in [1.165, 1.54) is 23.1 Å². The van der Waals surface area contributed by atoms with Gasteiger partial charge in [0, 0.05) is 5.69 Å². The molecular weight excluding hydrogens is 266 g/mol. The minimum Gasteiger partial charge on any atom is -0.399 e. The van der Waals surface area contributed by atoms with Crippen molar-refractivity contribution in [1.82, 2.24) is 0 Å². The molecule has 0 radical (unpaired) electrons. The lowest BCUT2D eigenvalue weighted by molar-refractivity contribution is 0.332. The van der Waals surface area contributed by atoms with E-state index in [-0.39, 0.29) is 5.41 Å². The van der Waals surface area contributed by atoms with Gasteiger partial charge in [-0.25, -0.2) is 0 Å². The summed E-state index contributed by atoms with van der Waals surface area (Å²) in [5.41, 5.74) is 11.4. The van der Waals surface area contributed by atoms with Crippen LogP contribution in [0.2, 0.25) is 0 Å². The highest BCUT2D eigenvalue weighted by Crippen LogP contribution is 2.32. The minimum absolute atomic E-state index is 0.271. The summed E-state index contributed by atoms with van der Waals surface area (Å²) in [5.74, 6) is 0.542. The predicted octanol–water partition coefficient (Wildman–Crippen LogP) is 5.59. The van der Waals surface area contributed by atoms with Gasteiger partial charge in [-0.2, -0.15) is 0 Å². The quantitative estimate of drug-likeness (QED) is 0.690. The monoisotopic (exact) mass is 295 g/mol. The van der Waals surface area contributed by atoms with Crippen molar-refractivity contribution in [2.75, 3.05) is 5.73 Å². The SMILES string of the molecule is CC(C)c1ccc(N)cc1CC(C)(C)CCc1ccccc1. The molecule has 2 aromatic carbocycles. The number of hydrogen-bond acceptors (Lipinski definition) is 1. The second kappa shape index (κ2) is 7.00. The number of benzene rings is 2. The van der Waals surface area contributed by atoms with Gasteiger partial charge in [-0.3, -0.25) is 0 Å². The molecule has 0 bridgehead atoms. The third-order valence-corrected chi connectivity index (χ3v) is 4.39. The summed E-state index contributed by atoms with van der Waals surface area (Å²) in [6.45, 7) is 9.24. The number of nitrogen functional groups attached to an aromatic ring is 1. The lowest BCUT2D eigenvalue weighted by Crippen LogP contribution is -2.17. The van der Waals surface area contributed by atoms with E-state index in [2.05, 4.69) is 70.2 Å². The smallest absolute Gasteiger partial charge is 0.0316 e. The third-order valence-electron chi connectivity index (χ3n) is 4.39. The second-order valence-corrected chi connectivity index (χ2v) is 7.44. The average Bonchev–Trinajstić information content (AvgIpc) is 2.46. The van der Waals surface area contributed by atoms with Gasteiger partial charge in [0.1, 0.15) is 0 Å². The molecule has 0 saturated carbocycles. The molecule has 0 aliphatic heterocycles. The van der Waals surface area contributed by atoms with Gasteiger partial charge in [0.2, 0.25) is 0 Å². The van der Waals surface area contributed by atoms with Crippen LogP contribution < -0.4 is 5.73 Å². The van der Waals surface area contributed by atoms with Crippen LogP contribution in [0.1, 0.15) is 56.7 Å². The zero-order valence-electron chi connectivity index (χ0n) is 14.4. The standard InChI is InChI=1S/C21H29N/c1-16(2)20-11-10-19(22)14-18(20)15-21(3,4)13-12-17-8-6-5-7-9-17/h5-11,14,16H,12-13,15,22H2,1-4H3. The van der Waals surface area contributed by atoms with Crippen molar-refractivity contribution in [3.05, 3.63) is 65.2 Å². The predicted molar refractivity (Wildman–Crippen MR) is 97.2 cm³/mol. The van der Waals surface area contributed by atoms with E-state index in [1.54, 1.807) is 0 Å². The molecule has 2 N–H and O–H groups in total. The van der Waals surface area contributed by atoms with Crippen LogP contribution in [0.5, 0.6) is 0 Å². The molecule has 0 aliphatic carbocycles. The van der Waals surface area contributed by atoms with Crippen LogP contribution in [-0.2, 0) is 12.8 Å². The molecule has 0 saturated heterocycles. The maximum atomic E-state index is 6.01. The van der Waals surface area contributed by atoms with Gasteiger partial charge in [-0.05, 0) is 59.4 Å². The van der Waals surface area contributed by atoms with E-state index in [1.807, 2.05) is 6.07 Å². The number of rotatable bonds is 6. The summed E-state index contributed by atoms with van der Waals surface area (Å²) in [7, 11) is 0. The van der Waals surface area contributed by atoms with Gasteiger partial charge in [-0.1, -0.05) is 64.1 Å².